The van der Waals surface area contributed by atoms with E-state index in [2.05, 4.69) is 37.4 Å². The van der Waals surface area contributed by atoms with Crippen molar-refractivity contribution in [1.29, 1.82) is 0 Å². The molecule has 36 heavy (non-hydrogen) atoms. The summed E-state index contributed by atoms with van der Waals surface area (Å²) >= 11 is 1.71. The molecular formula is C29H31FN2O3S. The number of amides is 2. The zero-order chi connectivity index (χ0) is 25.2. The van der Waals surface area contributed by atoms with Gasteiger partial charge in [0.15, 0.2) is 0 Å². The van der Waals surface area contributed by atoms with Crippen LogP contribution in [0.25, 0.3) is 0 Å². The molecule has 0 N–H and O–H groups in total. The number of hydrogen-bond acceptors (Lipinski definition) is 4. The fourth-order valence-corrected chi connectivity index (χ4v) is 5.67. The standard InChI is InChI=1S/C29H31FN2O3S/c1-19(2)20-5-11-24(12-6-20)35-18-26-25-14-16-36-27(25)13-15-31(26)28(33)17-32(23-9-10-23)29(34)21-3-7-22(30)8-4-21/h3-8,11-12,14,16,19,23,26H,9-10,13,15,17-18H2,1-2H3. The smallest absolute Gasteiger partial charge is 0.254 e. The van der Waals surface area contributed by atoms with Gasteiger partial charge in [-0.2, -0.15) is 0 Å². The van der Waals surface area contributed by atoms with Gasteiger partial charge in [0, 0.05) is 23.0 Å². The van der Waals surface area contributed by atoms with Crippen molar-refractivity contribution in [3.05, 3.63) is 87.4 Å². The van der Waals surface area contributed by atoms with Crippen molar-refractivity contribution >= 4 is 23.2 Å². The van der Waals surface area contributed by atoms with Crippen LogP contribution in [0.4, 0.5) is 4.39 Å². The number of carbonyl (C=O) groups is 2. The van der Waals surface area contributed by atoms with Crippen molar-refractivity contribution < 1.29 is 18.7 Å². The van der Waals surface area contributed by atoms with E-state index >= 15 is 0 Å². The minimum absolute atomic E-state index is 0.0138. The Hall–Kier alpha value is -3.19. The van der Waals surface area contributed by atoms with Crippen LogP contribution in [0.5, 0.6) is 5.75 Å². The number of fused-ring (bicyclic) bond motifs is 1. The van der Waals surface area contributed by atoms with E-state index < -0.39 is 0 Å². The van der Waals surface area contributed by atoms with Gasteiger partial charge in [0.1, 0.15) is 24.7 Å². The SMILES string of the molecule is CC(C)c1ccc(OCC2c3ccsc3CCN2C(=O)CN(C(=O)c2ccc(F)cc2)C2CC2)cc1. The lowest BCUT2D eigenvalue weighted by molar-refractivity contribution is -0.135. The van der Waals surface area contributed by atoms with Crippen molar-refractivity contribution in [3.8, 4) is 5.75 Å². The molecule has 5 rings (SSSR count). The van der Waals surface area contributed by atoms with Gasteiger partial charge in [-0.1, -0.05) is 26.0 Å². The van der Waals surface area contributed by atoms with Crippen LogP contribution in [0.1, 0.15) is 65.0 Å². The minimum Gasteiger partial charge on any atom is -0.491 e. The lowest BCUT2D eigenvalue weighted by atomic mass is 10.00. The Kier molecular flexibility index (Phi) is 7.10. The van der Waals surface area contributed by atoms with Crippen LogP contribution in [0.3, 0.4) is 0 Å². The van der Waals surface area contributed by atoms with E-state index in [1.54, 1.807) is 16.2 Å². The predicted molar refractivity (Wildman–Crippen MR) is 139 cm³/mol. The van der Waals surface area contributed by atoms with Crippen molar-refractivity contribution in [2.45, 2.75) is 51.1 Å². The van der Waals surface area contributed by atoms with Gasteiger partial charge in [0.25, 0.3) is 5.91 Å². The number of halogens is 1. The normalized spacial score (nSPS) is 17.1. The molecule has 7 heteroatoms. The first-order valence-corrected chi connectivity index (χ1v) is 13.4. The largest absolute Gasteiger partial charge is 0.491 e. The molecule has 0 bridgehead atoms. The molecule has 2 aromatic carbocycles. The monoisotopic (exact) mass is 506 g/mol. The number of hydrogen-bond donors (Lipinski definition) is 0. The third-order valence-electron chi connectivity index (χ3n) is 7.02. The molecule has 0 spiro atoms. The number of carbonyl (C=O) groups excluding carboxylic acids is 2. The summed E-state index contributed by atoms with van der Waals surface area (Å²) in [6.07, 6.45) is 2.56. The fourth-order valence-electron chi connectivity index (χ4n) is 4.75. The molecule has 1 unspecified atom stereocenters. The van der Waals surface area contributed by atoms with Crippen LogP contribution < -0.4 is 4.74 Å². The lowest BCUT2D eigenvalue weighted by Gasteiger charge is -2.37. The second-order valence-corrected chi connectivity index (χ2v) is 10.9. The second-order valence-electron chi connectivity index (χ2n) is 9.86. The molecule has 1 aliphatic carbocycles. The molecule has 1 aliphatic heterocycles. The fraction of sp³-hybridized carbons (Fsp3) is 0.379. The van der Waals surface area contributed by atoms with Gasteiger partial charge in [0.2, 0.25) is 5.91 Å². The topological polar surface area (TPSA) is 49.9 Å². The Morgan fingerprint density at radius 2 is 1.81 bits per heavy atom. The first-order valence-electron chi connectivity index (χ1n) is 12.6. The maximum Gasteiger partial charge on any atom is 0.254 e. The van der Waals surface area contributed by atoms with E-state index in [1.807, 2.05) is 17.0 Å². The summed E-state index contributed by atoms with van der Waals surface area (Å²) in [6, 6.07) is 15.6. The molecule has 2 amide bonds. The van der Waals surface area contributed by atoms with Gasteiger partial charge in [-0.3, -0.25) is 9.59 Å². The van der Waals surface area contributed by atoms with Gasteiger partial charge in [-0.25, -0.2) is 4.39 Å². The highest BCUT2D eigenvalue weighted by molar-refractivity contribution is 7.10. The molecule has 188 valence electrons. The molecular weight excluding hydrogens is 475 g/mol. The third kappa shape index (κ3) is 5.31. The molecule has 5 nitrogen and oxygen atoms in total. The van der Waals surface area contributed by atoms with E-state index in [-0.39, 0.29) is 36.3 Å². The molecule has 0 radical (unpaired) electrons. The molecule has 1 atom stereocenters. The predicted octanol–water partition coefficient (Wildman–Crippen LogP) is 5.82. The number of nitrogens with zero attached hydrogens (tertiary/aromatic N) is 2. The highest BCUT2D eigenvalue weighted by atomic mass is 32.1. The van der Waals surface area contributed by atoms with Gasteiger partial charge in [-0.15, -0.1) is 11.3 Å². The van der Waals surface area contributed by atoms with Crippen molar-refractivity contribution in [2.75, 3.05) is 19.7 Å². The van der Waals surface area contributed by atoms with Gasteiger partial charge >= 0.3 is 0 Å². The number of thiophene rings is 1. The summed E-state index contributed by atoms with van der Waals surface area (Å²) in [5, 5.41) is 2.07. The average molecular weight is 507 g/mol. The van der Waals surface area contributed by atoms with Gasteiger partial charge in [0.05, 0.1) is 6.04 Å². The number of benzene rings is 2. The van der Waals surface area contributed by atoms with Gasteiger partial charge in [-0.05, 0) is 84.2 Å². The zero-order valence-electron chi connectivity index (χ0n) is 20.7. The summed E-state index contributed by atoms with van der Waals surface area (Å²) in [6.45, 7) is 5.28. The first kappa shape index (κ1) is 24.5. The van der Waals surface area contributed by atoms with E-state index in [0.717, 1.165) is 30.6 Å². The Bertz CT molecular complexity index is 1220. The summed E-state index contributed by atoms with van der Waals surface area (Å²) < 4.78 is 19.5. The summed E-state index contributed by atoms with van der Waals surface area (Å²) in [5.74, 6) is 0.531. The molecule has 3 aromatic rings. The maximum atomic E-state index is 13.6. The zero-order valence-corrected chi connectivity index (χ0v) is 21.5. The molecule has 2 aliphatic rings. The van der Waals surface area contributed by atoms with E-state index in [0.29, 0.717) is 24.6 Å². The Balaban J connectivity index is 1.32. The van der Waals surface area contributed by atoms with Crippen LogP contribution >= 0.6 is 11.3 Å². The summed E-state index contributed by atoms with van der Waals surface area (Å²) in [7, 11) is 0. The van der Waals surface area contributed by atoms with Crippen LogP contribution in [-0.2, 0) is 11.2 Å². The van der Waals surface area contributed by atoms with Crippen LogP contribution in [0.2, 0.25) is 0 Å². The van der Waals surface area contributed by atoms with Crippen molar-refractivity contribution in [2.24, 2.45) is 0 Å². The summed E-state index contributed by atoms with van der Waals surface area (Å²) in [4.78, 5) is 31.6. The number of ether oxygens (including phenoxy) is 1. The number of rotatable bonds is 8. The summed E-state index contributed by atoms with van der Waals surface area (Å²) in [5.41, 5.74) is 2.78. The Labute approximate surface area is 215 Å². The highest BCUT2D eigenvalue weighted by Crippen LogP contribution is 2.35. The minimum atomic E-state index is -0.387. The molecule has 2 heterocycles. The van der Waals surface area contributed by atoms with Crippen molar-refractivity contribution in [1.82, 2.24) is 9.80 Å². The molecule has 1 fully saturated rings. The second kappa shape index (κ2) is 10.4. The van der Waals surface area contributed by atoms with E-state index in [9.17, 15) is 14.0 Å². The van der Waals surface area contributed by atoms with Gasteiger partial charge < -0.3 is 14.5 Å². The molecule has 1 aromatic heterocycles. The average Bonchev–Trinajstić information content (AvgIpc) is 3.61. The van der Waals surface area contributed by atoms with Crippen LogP contribution in [0.15, 0.2) is 60.0 Å². The molecule has 0 saturated heterocycles. The quantitative estimate of drug-likeness (QED) is 0.387. The van der Waals surface area contributed by atoms with Crippen LogP contribution in [-0.4, -0.2) is 47.4 Å². The van der Waals surface area contributed by atoms with Crippen LogP contribution in [0, 0.1) is 5.82 Å². The van der Waals surface area contributed by atoms with E-state index in [4.69, 9.17) is 4.74 Å². The Morgan fingerprint density at radius 3 is 2.47 bits per heavy atom. The maximum absolute atomic E-state index is 13.6. The third-order valence-corrected chi connectivity index (χ3v) is 8.01. The highest BCUT2D eigenvalue weighted by Gasteiger charge is 2.38. The lowest BCUT2D eigenvalue weighted by Crippen LogP contribution is -2.48. The van der Waals surface area contributed by atoms with E-state index in [1.165, 1.54) is 34.7 Å². The first-order chi connectivity index (χ1) is 17.4. The Morgan fingerprint density at radius 1 is 1.08 bits per heavy atom. The molecule has 1 saturated carbocycles. The van der Waals surface area contributed by atoms with Crippen molar-refractivity contribution in [3.63, 3.8) is 0 Å².